The van der Waals surface area contributed by atoms with Crippen LogP contribution in [0.5, 0.6) is 0 Å². The van der Waals surface area contributed by atoms with Crippen molar-refractivity contribution in [3.63, 3.8) is 0 Å². The molecule has 1 aromatic rings. The fourth-order valence-corrected chi connectivity index (χ4v) is 2.82. The van der Waals surface area contributed by atoms with Crippen molar-refractivity contribution in [3.8, 4) is 0 Å². The Morgan fingerprint density at radius 2 is 2.05 bits per heavy atom. The van der Waals surface area contributed by atoms with E-state index in [0.29, 0.717) is 0 Å². The number of ether oxygens (including phenoxy) is 1. The lowest BCUT2D eigenvalue weighted by atomic mass is 10.2. The molecule has 8 heteroatoms. The van der Waals surface area contributed by atoms with Gasteiger partial charge >= 0.3 is 5.97 Å². The number of nitrogen functional groups attached to an aromatic ring is 1. The lowest BCUT2D eigenvalue weighted by Crippen LogP contribution is -2.29. The van der Waals surface area contributed by atoms with Crippen LogP contribution in [0, 0.1) is 12.7 Å². The Bertz CT molecular complexity index is 608. The molecule has 0 aliphatic heterocycles. The van der Waals surface area contributed by atoms with Crippen LogP contribution in [0.3, 0.4) is 0 Å². The second-order valence-corrected chi connectivity index (χ2v) is 6.55. The first-order valence-corrected chi connectivity index (χ1v) is 7.81. The molecule has 0 heterocycles. The summed E-state index contributed by atoms with van der Waals surface area (Å²) in [5.41, 5.74) is 5.84. The van der Waals surface area contributed by atoms with E-state index in [1.54, 1.807) is 6.92 Å². The third kappa shape index (κ3) is 4.15. The van der Waals surface area contributed by atoms with Gasteiger partial charge in [-0.1, -0.05) is 0 Å². The lowest BCUT2D eigenvalue weighted by molar-refractivity contribution is -0.143. The van der Waals surface area contributed by atoms with Crippen LogP contribution >= 0.6 is 0 Å². The summed E-state index contributed by atoms with van der Waals surface area (Å²) in [4.78, 5) is 11.0. The molecule has 0 saturated heterocycles. The van der Waals surface area contributed by atoms with E-state index in [-0.39, 0.29) is 35.7 Å². The topological polar surface area (TPSA) is 89.7 Å². The van der Waals surface area contributed by atoms with E-state index in [4.69, 9.17) is 10.5 Å². The molecule has 0 unspecified atom stereocenters. The SMILES string of the molecule is CCOC(=O)CCN(C)S(=O)(=O)c1cc(N)c(C)c(F)c1. The van der Waals surface area contributed by atoms with E-state index in [2.05, 4.69) is 0 Å². The highest BCUT2D eigenvalue weighted by Gasteiger charge is 2.23. The van der Waals surface area contributed by atoms with Gasteiger partial charge in [-0.15, -0.1) is 0 Å². The molecule has 0 bridgehead atoms. The average Bonchev–Trinajstić information content (AvgIpc) is 2.41. The quantitative estimate of drug-likeness (QED) is 0.630. The molecule has 0 aliphatic rings. The van der Waals surface area contributed by atoms with Crippen LogP contribution in [0.4, 0.5) is 10.1 Å². The molecule has 0 aromatic heterocycles. The first-order chi connectivity index (χ1) is 9.70. The monoisotopic (exact) mass is 318 g/mol. The Kier molecular flexibility index (Phi) is 5.68. The fraction of sp³-hybridized carbons (Fsp3) is 0.462. The predicted octanol–water partition coefficient (Wildman–Crippen LogP) is 1.29. The van der Waals surface area contributed by atoms with E-state index < -0.39 is 21.8 Å². The summed E-state index contributed by atoms with van der Waals surface area (Å²) < 4.78 is 43.8. The molecule has 0 aliphatic carbocycles. The van der Waals surface area contributed by atoms with Crippen molar-refractivity contribution in [2.45, 2.75) is 25.2 Å². The molecule has 1 aromatic carbocycles. The number of esters is 1. The second-order valence-electron chi connectivity index (χ2n) is 4.50. The van der Waals surface area contributed by atoms with Gasteiger partial charge in [0.2, 0.25) is 10.0 Å². The number of benzene rings is 1. The van der Waals surface area contributed by atoms with Crippen molar-refractivity contribution >= 4 is 21.7 Å². The van der Waals surface area contributed by atoms with Gasteiger partial charge in [0.1, 0.15) is 5.82 Å². The van der Waals surface area contributed by atoms with E-state index >= 15 is 0 Å². The summed E-state index contributed by atoms with van der Waals surface area (Å²) in [7, 11) is -2.60. The summed E-state index contributed by atoms with van der Waals surface area (Å²) in [6, 6.07) is 2.12. The van der Waals surface area contributed by atoms with Crippen LogP contribution < -0.4 is 5.73 Å². The smallest absolute Gasteiger partial charge is 0.307 e. The molecule has 21 heavy (non-hydrogen) atoms. The van der Waals surface area contributed by atoms with Gasteiger partial charge in [-0.25, -0.2) is 17.1 Å². The number of hydrogen-bond donors (Lipinski definition) is 1. The normalized spacial score (nSPS) is 11.7. The molecule has 0 atom stereocenters. The number of carbonyl (C=O) groups excluding carboxylic acids is 1. The molecular weight excluding hydrogens is 299 g/mol. The number of hydrogen-bond acceptors (Lipinski definition) is 5. The van der Waals surface area contributed by atoms with Crippen LogP contribution in [0.1, 0.15) is 18.9 Å². The van der Waals surface area contributed by atoms with Crippen LogP contribution in [0.15, 0.2) is 17.0 Å². The molecule has 2 N–H and O–H groups in total. The molecule has 6 nitrogen and oxygen atoms in total. The van der Waals surface area contributed by atoms with Crippen molar-refractivity contribution in [1.29, 1.82) is 0 Å². The predicted molar refractivity (Wildman–Crippen MR) is 76.6 cm³/mol. The fourth-order valence-electron chi connectivity index (χ4n) is 1.61. The summed E-state index contributed by atoms with van der Waals surface area (Å²) in [5, 5.41) is 0. The molecule has 0 amide bonds. The van der Waals surface area contributed by atoms with Crippen LogP contribution in [-0.2, 0) is 19.6 Å². The zero-order valence-electron chi connectivity index (χ0n) is 12.2. The van der Waals surface area contributed by atoms with Crippen molar-refractivity contribution in [2.75, 3.05) is 25.9 Å². The van der Waals surface area contributed by atoms with Gasteiger partial charge < -0.3 is 10.5 Å². The maximum Gasteiger partial charge on any atom is 0.307 e. The Balaban J connectivity index is 2.92. The van der Waals surface area contributed by atoms with E-state index in [0.717, 1.165) is 10.4 Å². The Hall–Kier alpha value is -1.67. The number of anilines is 1. The van der Waals surface area contributed by atoms with Gasteiger partial charge in [0.25, 0.3) is 0 Å². The van der Waals surface area contributed by atoms with Crippen molar-refractivity contribution < 1.29 is 22.3 Å². The summed E-state index contributed by atoms with van der Waals surface area (Å²) >= 11 is 0. The molecule has 118 valence electrons. The summed E-state index contributed by atoms with van der Waals surface area (Å²) in [6.45, 7) is 3.30. The molecule has 0 fully saturated rings. The van der Waals surface area contributed by atoms with E-state index in [9.17, 15) is 17.6 Å². The first-order valence-electron chi connectivity index (χ1n) is 6.37. The van der Waals surface area contributed by atoms with Gasteiger partial charge in [-0.05, 0) is 26.0 Å². The number of sulfonamides is 1. The van der Waals surface area contributed by atoms with Crippen molar-refractivity contribution in [3.05, 3.63) is 23.5 Å². The Labute approximate surface area is 123 Å². The summed E-state index contributed by atoms with van der Waals surface area (Å²) in [6.07, 6.45) is -0.0760. The first kappa shape index (κ1) is 17.4. The zero-order chi connectivity index (χ0) is 16.2. The van der Waals surface area contributed by atoms with Gasteiger partial charge in [-0.2, -0.15) is 0 Å². The van der Waals surface area contributed by atoms with Gasteiger partial charge in [0.05, 0.1) is 17.9 Å². The minimum absolute atomic E-state index is 0.0590. The molecule has 0 radical (unpaired) electrons. The van der Waals surface area contributed by atoms with Crippen LogP contribution in [-0.4, -0.2) is 38.9 Å². The Morgan fingerprint density at radius 3 is 2.57 bits per heavy atom. The number of nitrogens with zero attached hydrogens (tertiary/aromatic N) is 1. The maximum atomic E-state index is 13.6. The number of rotatable bonds is 6. The van der Waals surface area contributed by atoms with Crippen molar-refractivity contribution in [2.24, 2.45) is 0 Å². The van der Waals surface area contributed by atoms with Gasteiger partial charge in [0.15, 0.2) is 0 Å². The minimum Gasteiger partial charge on any atom is -0.466 e. The van der Waals surface area contributed by atoms with Crippen molar-refractivity contribution in [1.82, 2.24) is 4.31 Å². The highest BCUT2D eigenvalue weighted by atomic mass is 32.2. The van der Waals surface area contributed by atoms with Crippen LogP contribution in [0.2, 0.25) is 0 Å². The minimum atomic E-state index is -3.91. The molecular formula is C13H19FN2O4S. The number of nitrogens with two attached hydrogens (primary N) is 1. The maximum absolute atomic E-state index is 13.6. The lowest BCUT2D eigenvalue weighted by Gasteiger charge is -2.17. The number of halogens is 1. The highest BCUT2D eigenvalue weighted by Crippen LogP contribution is 2.23. The highest BCUT2D eigenvalue weighted by molar-refractivity contribution is 7.89. The standard InChI is InChI=1S/C13H19FN2O4S/c1-4-20-13(17)5-6-16(3)21(18,19)10-7-11(14)9(2)12(15)8-10/h7-8H,4-6,15H2,1-3H3. The summed E-state index contributed by atoms with van der Waals surface area (Å²) in [5.74, 6) is -1.18. The van der Waals surface area contributed by atoms with E-state index in [1.807, 2.05) is 0 Å². The molecule has 0 spiro atoms. The average molecular weight is 318 g/mol. The zero-order valence-corrected chi connectivity index (χ0v) is 13.0. The molecule has 0 saturated carbocycles. The Morgan fingerprint density at radius 1 is 1.43 bits per heavy atom. The molecule has 1 rings (SSSR count). The van der Waals surface area contributed by atoms with Gasteiger partial charge in [-0.3, -0.25) is 4.79 Å². The number of carbonyl (C=O) groups is 1. The third-order valence-corrected chi connectivity index (χ3v) is 4.84. The van der Waals surface area contributed by atoms with Gasteiger partial charge in [0, 0.05) is 24.8 Å². The second kappa shape index (κ2) is 6.86. The van der Waals surface area contributed by atoms with Crippen LogP contribution in [0.25, 0.3) is 0 Å². The third-order valence-electron chi connectivity index (χ3n) is 3.00. The largest absolute Gasteiger partial charge is 0.466 e. The van der Waals surface area contributed by atoms with E-state index in [1.165, 1.54) is 20.0 Å².